The number of fused-ring (bicyclic) bond motifs is 1. The van der Waals surface area contributed by atoms with Crippen molar-refractivity contribution in [3.05, 3.63) is 65.9 Å². The molecule has 1 atom stereocenters. The van der Waals surface area contributed by atoms with Crippen LogP contribution >= 0.6 is 0 Å². The summed E-state index contributed by atoms with van der Waals surface area (Å²) in [6.45, 7) is 6.77. The molecule has 0 saturated heterocycles. The number of aromatic amines is 1. The second-order valence-electron chi connectivity index (χ2n) is 8.89. The van der Waals surface area contributed by atoms with Gasteiger partial charge >= 0.3 is 0 Å². The van der Waals surface area contributed by atoms with Crippen molar-refractivity contribution in [3.8, 4) is 0 Å². The number of nitrogens with zero attached hydrogens (tertiary/aromatic N) is 3. The Morgan fingerprint density at radius 3 is 2.36 bits per heavy atom. The van der Waals surface area contributed by atoms with Crippen molar-refractivity contribution < 1.29 is 9.59 Å². The number of aromatic nitrogens is 1. The van der Waals surface area contributed by atoms with E-state index in [1.807, 2.05) is 51.2 Å². The molecule has 0 spiro atoms. The monoisotopic (exact) mass is 448 g/mol. The lowest BCUT2D eigenvalue weighted by Gasteiger charge is -2.30. The van der Waals surface area contributed by atoms with Crippen LogP contribution in [0.4, 0.5) is 5.69 Å². The SMILES string of the molecule is CCC(C)N(CC(=O)N(CCc1c[nH]c2ccccc12)Cc1ccc(N(C)C)cc1)C(C)=O. The third-order valence-electron chi connectivity index (χ3n) is 6.34. The molecule has 3 rings (SSSR count). The molecule has 0 fully saturated rings. The van der Waals surface area contributed by atoms with Crippen molar-refractivity contribution in [1.82, 2.24) is 14.8 Å². The maximum Gasteiger partial charge on any atom is 0.242 e. The van der Waals surface area contributed by atoms with Crippen LogP contribution in [0.2, 0.25) is 0 Å². The highest BCUT2D eigenvalue weighted by molar-refractivity contribution is 5.85. The normalized spacial score (nSPS) is 11.9. The minimum Gasteiger partial charge on any atom is -0.378 e. The average molecular weight is 449 g/mol. The first-order valence-electron chi connectivity index (χ1n) is 11.7. The molecule has 6 heteroatoms. The second kappa shape index (κ2) is 11.0. The molecule has 1 heterocycles. The number of carbonyl (C=O) groups is 2. The van der Waals surface area contributed by atoms with Gasteiger partial charge in [-0.3, -0.25) is 9.59 Å². The van der Waals surface area contributed by atoms with Crippen LogP contribution in [0.25, 0.3) is 10.9 Å². The van der Waals surface area contributed by atoms with Crippen LogP contribution in [0.5, 0.6) is 0 Å². The number of amides is 2. The first-order valence-corrected chi connectivity index (χ1v) is 11.7. The molecule has 33 heavy (non-hydrogen) atoms. The lowest BCUT2D eigenvalue weighted by Crippen LogP contribution is -2.46. The van der Waals surface area contributed by atoms with E-state index >= 15 is 0 Å². The van der Waals surface area contributed by atoms with Crippen LogP contribution in [0.3, 0.4) is 0 Å². The van der Waals surface area contributed by atoms with Crippen molar-refractivity contribution in [3.63, 3.8) is 0 Å². The van der Waals surface area contributed by atoms with Crippen LogP contribution < -0.4 is 4.90 Å². The fourth-order valence-electron chi connectivity index (χ4n) is 4.05. The molecule has 0 aliphatic rings. The molecule has 0 bridgehead atoms. The molecular weight excluding hydrogens is 412 g/mol. The van der Waals surface area contributed by atoms with E-state index < -0.39 is 0 Å². The standard InChI is InChI=1S/C27H36N4O2/c1-6-20(2)31(21(3)32)19-27(33)30(18-22-11-13-24(14-12-22)29(4)5)16-15-23-17-28-26-10-8-7-9-25(23)26/h7-14,17,20,28H,6,15-16,18-19H2,1-5H3. The summed E-state index contributed by atoms with van der Waals surface area (Å²) in [6.07, 6.45) is 3.59. The third-order valence-corrected chi connectivity index (χ3v) is 6.34. The summed E-state index contributed by atoms with van der Waals surface area (Å²) in [5, 5.41) is 1.19. The van der Waals surface area contributed by atoms with E-state index in [2.05, 4.69) is 46.3 Å². The zero-order valence-electron chi connectivity index (χ0n) is 20.5. The van der Waals surface area contributed by atoms with Crippen LogP contribution in [0, 0.1) is 0 Å². The Kier molecular flexibility index (Phi) is 8.15. The summed E-state index contributed by atoms with van der Waals surface area (Å²) < 4.78 is 0. The van der Waals surface area contributed by atoms with Gasteiger partial charge in [-0.1, -0.05) is 37.3 Å². The van der Waals surface area contributed by atoms with Crippen molar-refractivity contribution in [2.24, 2.45) is 0 Å². The van der Waals surface area contributed by atoms with Crippen LogP contribution in [0.15, 0.2) is 54.7 Å². The van der Waals surface area contributed by atoms with Crippen molar-refractivity contribution in [2.45, 2.75) is 46.2 Å². The Balaban J connectivity index is 1.79. The van der Waals surface area contributed by atoms with Gasteiger partial charge in [0, 0.05) is 62.9 Å². The average Bonchev–Trinajstić information content (AvgIpc) is 3.22. The van der Waals surface area contributed by atoms with Gasteiger partial charge in [-0.15, -0.1) is 0 Å². The summed E-state index contributed by atoms with van der Waals surface area (Å²) in [5.41, 5.74) is 4.49. The number of anilines is 1. The molecule has 2 aromatic carbocycles. The van der Waals surface area contributed by atoms with Gasteiger partial charge < -0.3 is 19.7 Å². The number of carbonyl (C=O) groups excluding carboxylic acids is 2. The highest BCUT2D eigenvalue weighted by Crippen LogP contribution is 2.20. The number of hydrogen-bond donors (Lipinski definition) is 1. The fraction of sp³-hybridized carbons (Fsp3) is 0.407. The Morgan fingerprint density at radius 1 is 1.03 bits per heavy atom. The summed E-state index contributed by atoms with van der Waals surface area (Å²) >= 11 is 0. The molecule has 1 unspecified atom stereocenters. The van der Waals surface area contributed by atoms with Crippen LogP contribution in [-0.4, -0.2) is 59.8 Å². The quantitative estimate of drug-likeness (QED) is 0.498. The zero-order valence-corrected chi connectivity index (χ0v) is 20.5. The second-order valence-corrected chi connectivity index (χ2v) is 8.89. The van der Waals surface area contributed by atoms with E-state index in [0.29, 0.717) is 13.1 Å². The van der Waals surface area contributed by atoms with E-state index in [4.69, 9.17) is 0 Å². The number of benzene rings is 2. The molecule has 0 aliphatic heterocycles. The van der Waals surface area contributed by atoms with Crippen molar-refractivity contribution in [2.75, 3.05) is 32.1 Å². The maximum absolute atomic E-state index is 13.4. The maximum atomic E-state index is 13.4. The highest BCUT2D eigenvalue weighted by Gasteiger charge is 2.23. The van der Waals surface area contributed by atoms with Gasteiger partial charge in [0.2, 0.25) is 11.8 Å². The van der Waals surface area contributed by atoms with Crippen molar-refractivity contribution >= 4 is 28.4 Å². The van der Waals surface area contributed by atoms with Gasteiger partial charge in [-0.2, -0.15) is 0 Å². The number of rotatable bonds is 10. The molecule has 3 aromatic rings. The van der Waals surface area contributed by atoms with Gasteiger partial charge in [-0.05, 0) is 49.1 Å². The minimum absolute atomic E-state index is 0.0259. The lowest BCUT2D eigenvalue weighted by atomic mass is 10.1. The lowest BCUT2D eigenvalue weighted by molar-refractivity contribution is -0.141. The summed E-state index contributed by atoms with van der Waals surface area (Å²) in [4.78, 5) is 34.5. The molecule has 1 N–H and O–H groups in total. The molecule has 6 nitrogen and oxygen atoms in total. The van der Waals surface area contributed by atoms with Gasteiger partial charge in [0.1, 0.15) is 0 Å². The Bertz CT molecular complexity index is 1070. The van der Waals surface area contributed by atoms with Gasteiger partial charge in [0.15, 0.2) is 0 Å². The molecule has 0 radical (unpaired) electrons. The predicted octanol–water partition coefficient (Wildman–Crippen LogP) is 4.45. The number of nitrogens with one attached hydrogen (secondary N) is 1. The predicted molar refractivity (Wildman–Crippen MR) is 135 cm³/mol. The third kappa shape index (κ3) is 6.15. The summed E-state index contributed by atoms with van der Waals surface area (Å²) in [5.74, 6) is -0.0911. The van der Waals surface area contributed by atoms with E-state index in [1.165, 1.54) is 17.9 Å². The zero-order chi connectivity index (χ0) is 24.0. The molecule has 1 aromatic heterocycles. The van der Waals surface area contributed by atoms with Crippen LogP contribution in [-0.2, 0) is 22.6 Å². The molecule has 2 amide bonds. The molecule has 0 aliphatic carbocycles. The van der Waals surface area contributed by atoms with Gasteiger partial charge in [-0.25, -0.2) is 0 Å². The number of hydrogen-bond acceptors (Lipinski definition) is 3. The van der Waals surface area contributed by atoms with Gasteiger partial charge in [0.25, 0.3) is 0 Å². The van der Waals surface area contributed by atoms with Crippen molar-refractivity contribution in [1.29, 1.82) is 0 Å². The van der Waals surface area contributed by atoms with Gasteiger partial charge in [0.05, 0.1) is 6.54 Å². The molecular formula is C27H36N4O2. The largest absolute Gasteiger partial charge is 0.378 e. The smallest absolute Gasteiger partial charge is 0.242 e. The Morgan fingerprint density at radius 2 is 1.73 bits per heavy atom. The Labute approximate surface area is 197 Å². The highest BCUT2D eigenvalue weighted by atomic mass is 16.2. The summed E-state index contributed by atoms with van der Waals surface area (Å²) in [7, 11) is 4.02. The first-order chi connectivity index (χ1) is 15.8. The topological polar surface area (TPSA) is 59.7 Å². The van der Waals surface area contributed by atoms with E-state index in [9.17, 15) is 9.59 Å². The number of para-hydroxylation sites is 1. The number of H-pyrrole nitrogens is 1. The fourth-order valence-corrected chi connectivity index (χ4v) is 4.05. The Hall–Kier alpha value is -3.28. The molecule has 0 saturated carbocycles. The molecule has 176 valence electrons. The summed E-state index contributed by atoms with van der Waals surface area (Å²) in [6, 6.07) is 16.5. The van der Waals surface area contributed by atoms with E-state index in [0.717, 1.165) is 29.6 Å². The van der Waals surface area contributed by atoms with E-state index in [1.54, 1.807) is 4.90 Å². The minimum atomic E-state index is -0.0652. The van der Waals surface area contributed by atoms with E-state index in [-0.39, 0.29) is 24.4 Å². The van der Waals surface area contributed by atoms with Crippen LogP contribution in [0.1, 0.15) is 38.3 Å². The first kappa shape index (κ1) is 24.4.